The maximum Gasteiger partial charge on any atom is 0.416 e. The fraction of sp³-hybridized carbons (Fsp3) is 0.700. The molecular formula is C50H81ClF3N5O2. The standard InChI is InChI=1S/C24H42N4O.C11H12ClF3.C10H13NO.C3H8.C2H6/c1-20-6-12-28(13-7-20)24(21-2-3-21)29-19-18-25-10-8-23(9-11-25)27-16-14-26(15-17-27)22-4-5-22;1-3-4-8-9(11(13,14)15)5-7(2)6-10(8)12;1-2-5-9-6-3-4-7-10(9)11-8-12;1-3-2;1-2/h20,22-23H,2-19H2,1H3;5-6H,3-4H2,1-2H3;3-4,6-8H,2,5H2,1H3,(H,11,12);3H2,1-2H3;1-2H3. The lowest BCUT2D eigenvalue weighted by molar-refractivity contribution is -0.138. The molecule has 2 aromatic carbocycles. The van der Waals surface area contributed by atoms with Crippen LogP contribution in [0.5, 0.6) is 0 Å². The van der Waals surface area contributed by atoms with Crippen LogP contribution in [-0.4, -0.2) is 104 Å². The lowest BCUT2D eigenvalue weighted by Gasteiger charge is -2.43. The fourth-order valence-electron chi connectivity index (χ4n) is 8.33. The van der Waals surface area contributed by atoms with Gasteiger partial charge in [0.2, 0.25) is 6.41 Å². The SMILES string of the molecule is CC.CC1CCN(C(OCCN2CCC(N3CCN(C4CC4)CC3)CC2)=C2CC2)CC1.CCC.CCCc1c(Cl)cc(C)cc1C(F)(F)F.CCCc1ccccc1NC=O. The van der Waals surface area contributed by atoms with Crippen molar-refractivity contribution in [3.8, 4) is 0 Å². The molecule has 2 aliphatic carbocycles. The van der Waals surface area contributed by atoms with E-state index < -0.39 is 11.7 Å². The molecule has 7 rings (SSSR count). The van der Waals surface area contributed by atoms with Crippen molar-refractivity contribution in [1.82, 2.24) is 19.6 Å². The number of piperazine rings is 1. The molecule has 0 aromatic heterocycles. The van der Waals surface area contributed by atoms with Crippen LogP contribution in [0.4, 0.5) is 18.9 Å². The van der Waals surface area contributed by atoms with E-state index in [4.69, 9.17) is 16.3 Å². The van der Waals surface area contributed by atoms with Crippen LogP contribution in [0.15, 0.2) is 47.9 Å². The molecule has 3 aliphatic heterocycles. The first-order valence-corrected chi connectivity index (χ1v) is 24.2. The number of ether oxygens (including phenoxy) is 1. The van der Waals surface area contributed by atoms with Gasteiger partial charge in [0.1, 0.15) is 6.61 Å². The molecule has 5 aliphatic rings. The van der Waals surface area contributed by atoms with Crippen LogP contribution in [0.1, 0.15) is 141 Å². The number of para-hydroxylation sites is 1. The number of hydrogen-bond donors (Lipinski definition) is 1. The summed E-state index contributed by atoms with van der Waals surface area (Å²) in [7, 11) is 0. The number of rotatable bonds is 13. The van der Waals surface area contributed by atoms with Crippen molar-refractivity contribution in [2.45, 2.75) is 157 Å². The van der Waals surface area contributed by atoms with Crippen molar-refractivity contribution in [2.24, 2.45) is 5.92 Å². The predicted octanol–water partition coefficient (Wildman–Crippen LogP) is 12.3. The van der Waals surface area contributed by atoms with Gasteiger partial charge in [-0.3, -0.25) is 19.5 Å². The highest BCUT2D eigenvalue weighted by molar-refractivity contribution is 6.31. The number of halogens is 4. The van der Waals surface area contributed by atoms with Crippen molar-refractivity contribution in [3.63, 3.8) is 0 Å². The quantitative estimate of drug-likeness (QED) is 0.160. The third kappa shape index (κ3) is 18.5. The smallest absolute Gasteiger partial charge is 0.416 e. The maximum absolute atomic E-state index is 12.7. The van der Waals surface area contributed by atoms with Gasteiger partial charge in [0.05, 0.1) is 5.56 Å². The molecule has 2 saturated carbocycles. The molecule has 346 valence electrons. The summed E-state index contributed by atoms with van der Waals surface area (Å²) < 4.78 is 44.4. The average molecular weight is 877 g/mol. The van der Waals surface area contributed by atoms with Crippen molar-refractivity contribution in [1.29, 1.82) is 0 Å². The Hall–Kier alpha value is -2.79. The Morgan fingerprint density at radius 1 is 0.820 bits per heavy atom. The number of carbonyl (C=O) groups is 1. The fourth-order valence-corrected chi connectivity index (χ4v) is 8.70. The zero-order valence-corrected chi connectivity index (χ0v) is 39.9. The number of carbonyl (C=O) groups excluding carboxylic acids is 1. The van der Waals surface area contributed by atoms with Crippen LogP contribution < -0.4 is 5.32 Å². The molecule has 11 heteroatoms. The van der Waals surface area contributed by atoms with Crippen LogP contribution in [0.2, 0.25) is 5.02 Å². The van der Waals surface area contributed by atoms with E-state index in [0.717, 1.165) is 55.7 Å². The highest BCUT2D eigenvalue weighted by Gasteiger charge is 2.35. The molecule has 7 nitrogen and oxygen atoms in total. The van der Waals surface area contributed by atoms with Crippen molar-refractivity contribution >= 4 is 23.7 Å². The molecule has 0 unspecified atom stereocenters. The van der Waals surface area contributed by atoms with Gasteiger partial charge in [-0.25, -0.2) is 0 Å². The zero-order chi connectivity index (χ0) is 44.8. The first-order valence-electron chi connectivity index (χ1n) is 23.9. The highest BCUT2D eigenvalue weighted by Crippen LogP contribution is 2.37. The van der Waals surface area contributed by atoms with Crippen molar-refractivity contribution in [3.05, 3.63) is 75.1 Å². The minimum Gasteiger partial charge on any atom is -0.478 e. The van der Waals surface area contributed by atoms with Gasteiger partial charge in [-0.1, -0.05) is 97.5 Å². The monoisotopic (exact) mass is 876 g/mol. The number of amides is 1. The molecule has 0 bridgehead atoms. The van der Waals surface area contributed by atoms with E-state index in [1.807, 2.05) is 45.0 Å². The molecule has 0 radical (unpaired) electrons. The summed E-state index contributed by atoms with van der Waals surface area (Å²) in [5.74, 6) is 2.15. The van der Waals surface area contributed by atoms with E-state index in [2.05, 4.69) is 52.6 Å². The van der Waals surface area contributed by atoms with Crippen LogP contribution in [0.25, 0.3) is 0 Å². The van der Waals surface area contributed by atoms with E-state index >= 15 is 0 Å². The Morgan fingerprint density at radius 3 is 1.89 bits per heavy atom. The summed E-state index contributed by atoms with van der Waals surface area (Å²) in [4.78, 5) is 20.9. The molecule has 0 atom stereocenters. The predicted molar refractivity (Wildman–Crippen MR) is 250 cm³/mol. The number of nitrogens with zero attached hydrogens (tertiary/aromatic N) is 4. The molecule has 1 amide bonds. The summed E-state index contributed by atoms with van der Waals surface area (Å²) in [6.45, 7) is 28.3. The molecule has 1 N–H and O–H groups in total. The van der Waals surface area contributed by atoms with Gasteiger partial charge in [0.25, 0.3) is 0 Å². The van der Waals surface area contributed by atoms with Gasteiger partial charge in [-0.05, 0) is 131 Å². The average Bonchev–Trinajstić information content (AvgIpc) is 4.19. The molecule has 3 saturated heterocycles. The summed E-state index contributed by atoms with van der Waals surface area (Å²) in [5.41, 5.74) is 3.84. The largest absolute Gasteiger partial charge is 0.478 e. The Bertz CT molecular complexity index is 1550. The third-order valence-electron chi connectivity index (χ3n) is 11.9. The minimum atomic E-state index is -4.32. The maximum atomic E-state index is 12.7. The second-order valence-corrected chi connectivity index (χ2v) is 17.6. The van der Waals surface area contributed by atoms with E-state index in [1.54, 1.807) is 18.6 Å². The van der Waals surface area contributed by atoms with Gasteiger partial charge < -0.3 is 15.0 Å². The normalized spacial score (nSPS) is 18.8. The van der Waals surface area contributed by atoms with Gasteiger partial charge in [0, 0.05) is 68.6 Å². The molecule has 0 spiro atoms. The molecule has 5 fully saturated rings. The number of piperidine rings is 2. The zero-order valence-electron chi connectivity index (χ0n) is 39.2. The van der Waals surface area contributed by atoms with Crippen LogP contribution in [-0.2, 0) is 28.5 Å². The number of alkyl halides is 3. The Labute approximate surface area is 373 Å². The van der Waals surface area contributed by atoms with E-state index in [0.29, 0.717) is 24.8 Å². The van der Waals surface area contributed by atoms with E-state index in [9.17, 15) is 18.0 Å². The Morgan fingerprint density at radius 2 is 1.38 bits per heavy atom. The second-order valence-electron chi connectivity index (χ2n) is 17.2. The Kier molecular flexibility index (Phi) is 24.2. The number of hydrogen-bond acceptors (Lipinski definition) is 6. The van der Waals surface area contributed by atoms with E-state index in [1.165, 1.54) is 122 Å². The first-order chi connectivity index (χ1) is 29.4. The molecule has 61 heavy (non-hydrogen) atoms. The summed E-state index contributed by atoms with van der Waals surface area (Å²) in [6.07, 6.45) is 11.5. The Balaban J connectivity index is 0.000000260. The second kappa shape index (κ2) is 28.1. The van der Waals surface area contributed by atoms with Gasteiger partial charge >= 0.3 is 6.18 Å². The number of anilines is 1. The van der Waals surface area contributed by atoms with Crippen LogP contribution in [0, 0.1) is 12.8 Å². The van der Waals surface area contributed by atoms with Gasteiger partial charge in [-0.2, -0.15) is 13.2 Å². The molecular weight excluding hydrogens is 795 g/mol. The summed E-state index contributed by atoms with van der Waals surface area (Å²) >= 11 is 5.82. The number of benzene rings is 2. The highest BCUT2D eigenvalue weighted by atomic mass is 35.5. The van der Waals surface area contributed by atoms with Crippen LogP contribution in [0.3, 0.4) is 0 Å². The molecule has 2 aromatic rings. The molecule has 3 heterocycles. The number of nitrogens with one attached hydrogen (secondary N) is 1. The minimum absolute atomic E-state index is 0.206. The van der Waals surface area contributed by atoms with Crippen molar-refractivity contribution in [2.75, 3.05) is 70.8 Å². The number of aryl methyl sites for hydroxylation is 2. The van der Waals surface area contributed by atoms with E-state index in [-0.39, 0.29) is 10.6 Å². The lowest BCUT2D eigenvalue weighted by Crippen LogP contribution is -2.53. The number of likely N-dealkylation sites (tertiary alicyclic amines) is 2. The first kappa shape index (κ1) is 52.6. The van der Waals surface area contributed by atoms with Gasteiger partial charge in [-0.15, -0.1) is 0 Å². The van der Waals surface area contributed by atoms with Crippen LogP contribution >= 0.6 is 11.6 Å². The third-order valence-corrected chi connectivity index (χ3v) is 12.2. The van der Waals surface area contributed by atoms with Gasteiger partial charge in [0.15, 0.2) is 5.88 Å². The topological polar surface area (TPSA) is 51.3 Å². The lowest BCUT2D eigenvalue weighted by atomic mass is 9.99. The summed E-state index contributed by atoms with van der Waals surface area (Å²) in [5, 5.41) is 2.89. The summed E-state index contributed by atoms with van der Waals surface area (Å²) in [6, 6.07) is 12.4. The van der Waals surface area contributed by atoms with Crippen molar-refractivity contribution < 1.29 is 22.7 Å². The number of allylic oxidation sites excluding steroid dienone is 1.